The fourth-order valence-corrected chi connectivity index (χ4v) is 5.05. The molecule has 5 rings (SSSR count). The van der Waals surface area contributed by atoms with Crippen LogP contribution in [0.2, 0.25) is 0 Å². The van der Waals surface area contributed by atoms with Gasteiger partial charge in [0.05, 0.1) is 19.1 Å². The first-order valence-corrected chi connectivity index (χ1v) is 12.1. The fourth-order valence-electron chi connectivity index (χ4n) is 3.99. The van der Waals surface area contributed by atoms with Crippen LogP contribution in [-0.2, 0) is 16.1 Å². The Morgan fingerprint density at radius 3 is 2.66 bits per heavy atom. The van der Waals surface area contributed by atoms with Crippen molar-refractivity contribution in [1.29, 1.82) is 0 Å². The average Bonchev–Trinajstić information content (AvgIpc) is 3.64. The highest BCUT2D eigenvalue weighted by atomic mass is 32.2. The Balaban J connectivity index is 1.29. The summed E-state index contributed by atoms with van der Waals surface area (Å²) in [6.45, 7) is 0.418. The van der Waals surface area contributed by atoms with Gasteiger partial charge in [-0.15, -0.1) is 0 Å². The lowest BCUT2D eigenvalue weighted by Gasteiger charge is -2.20. The topological polar surface area (TPSA) is 96.5 Å². The van der Waals surface area contributed by atoms with E-state index in [4.69, 9.17) is 14.3 Å². The van der Waals surface area contributed by atoms with Crippen LogP contribution in [0.3, 0.4) is 0 Å². The normalized spacial score (nSPS) is 19.5. The Morgan fingerprint density at radius 1 is 1.14 bits per heavy atom. The van der Waals surface area contributed by atoms with E-state index in [1.54, 1.807) is 18.4 Å². The number of ether oxygens (including phenoxy) is 1. The molecule has 35 heavy (non-hydrogen) atoms. The predicted molar refractivity (Wildman–Crippen MR) is 134 cm³/mol. The van der Waals surface area contributed by atoms with Gasteiger partial charge in [-0.05, 0) is 47.5 Å². The number of methoxy groups -OCH3 is 1. The van der Waals surface area contributed by atoms with Gasteiger partial charge in [0.25, 0.3) is 5.91 Å². The summed E-state index contributed by atoms with van der Waals surface area (Å²) >= 11 is 1.27. The number of hydrazone groups is 1. The number of hydrogen-bond donors (Lipinski definition) is 1. The van der Waals surface area contributed by atoms with Gasteiger partial charge in [0.2, 0.25) is 5.91 Å². The largest absolute Gasteiger partial charge is 0.497 e. The van der Waals surface area contributed by atoms with Crippen molar-refractivity contribution in [3.63, 3.8) is 0 Å². The summed E-state index contributed by atoms with van der Waals surface area (Å²) in [4.78, 5) is 29.4. The molecular weight excluding hydrogens is 464 g/mol. The number of rotatable bonds is 7. The molecule has 1 N–H and O–H groups in total. The molecular formula is C26H24N4O4S. The molecule has 2 aliphatic rings. The monoisotopic (exact) mass is 488 g/mol. The first-order valence-electron chi connectivity index (χ1n) is 11.2. The Bertz CT molecular complexity index is 1260. The van der Waals surface area contributed by atoms with Gasteiger partial charge in [-0.2, -0.15) is 10.1 Å². The first-order chi connectivity index (χ1) is 17.1. The molecule has 0 aliphatic carbocycles. The van der Waals surface area contributed by atoms with Gasteiger partial charge < -0.3 is 14.5 Å². The van der Waals surface area contributed by atoms with Crippen LogP contribution in [0.5, 0.6) is 5.75 Å². The molecule has 1 aromatic heterocycles. The molecule has 3 heterocycles. The molecule has 0 radical (unpaired) electrons. The number of nitrogens with zero attached hydrogens (tertiary/aromatic N) is 3. The minimum atomic E-state index is -0.585. The summed E-state index contributed by atoms with van der Waals surface area (Å²) < 4.78 is 10.9. The standard InChI is InChI=1S/C26H24N4O4S/c1-33-19-11-9-18(10-12-19)20-14-21(22-8-5-13-34-22)30(29-20)26-28-25(32)23(35-26)15-24(31)27-16-17-6-3-2-4-7-17/h2-13,21,23H,14-16H2,1H3,(H,27,31)/t21-,23+/m1/s1. The van der Waals surface area contributed by atoms with Crippen LogP contribution < -0.4 is 10.1 Å². The summed E-state index contributed by atoms with van der Waals surface area (Å²) in [5, 5.41) is 9.31. The van der Waals surface area contributed by atoms with E-state index in [1.165, 1.54) is 11.8 Å². The maximum atomic E-state index is 12.7. The van der Waals surface area contributed by atoms with E-state index in [9.17, 15) is 9.59 Å². The second-order valence-corrected chi connectivity index (χ2v) is 9.33. The minimum absolute atomic E-state index is 0.0532. The van der Waals surface area contributed by atoms with Crippen molar-refractivity contribution in [1.82, 2.24) is 10.3 Å². The van der Waals surface area contributed by atoms with Gasteiger partial charge in [-0.1, -0.05) is 42.1 Å². The van der Waals surface area contributed by atoms with Crippen molar-refractivity contribution in [2.24, 2.45) is 10.1 Å². The zero-order valence-electron chi connectivity index (χ0n) is 19.1. The number of amides is 2. The first kappa shape index (κ1) is 22.9. The molecule has 2 atom stereocenters. The van der Waals surface area contributed by atoms with Crippen molar-refractivity contribution >= 4 is 34.5 Å². The number of hydrogen-bond acceptors (Lipinski definition) is 7. The highest BCUT2D eigenvalue weighted by Crippen LogP contribution is 2.38. The third-order valence-electron chi connectivity index (χ3n) is 5.83. The van der Waals surface area contributed by atoms with E-state index in [1.807, 2.05) is 66.7 Å². The molecule has 0 spiro atoms. The van der Waals surface area contributed by atoms with E-state index in [2.05, 4.69) is 10.3 Å². The lowest BCUT2D eigenvalue weighted by molar-refractivity contribution is -0.124. The highest BCUT2D eigenvalue weighted by molar-refractivity contribution is 8.15. The van der Waals surface area contributed by atoms with Crippen molar-refractivity contribution in [2.75, 3.05) is 7.11 Å². The van der Waals surface area contributed by atoms with Crippen LogP contribution in [0, 0.1) is 0 Å². The summed E-state index contributed by atoms with van der Waals surface area (Å²) in [7, 11) is 1.63. The van der Waals surface area contributed by atoms with Gasteiger partial charge in [-0.25, -0.2) is 5.01 Å². The molecule has 9 heteroatoms. The van der Waals surface area contributed by atoms with Crippen LogP contribution in [0.1, 0.15) is 35.8 Å². The molecule has 0 bridgehead atoms. The van der Waals surface area contributed by atoms with E-state index in [0.29, 0.717) is 18.1 Å². The van der Waals surface area contributed by atoms with E-state index >= 15 is 0 Å². The Labute approximate surface area is 207 Å². The molecule has 2 aromatic carbocycles. The third-order valence-corrected chi connectivity index (χ3v) is 6.98. The van der Waals surface area contributed by atoms with Crippen LogP contribution in [0.4, 0.5) is 0 Å². The van der Waals surface area contributed by atoms with Gasteiger partial charge in [0.1, 0.15) is 22.8 Å². The number of nitrogens with one attached hydrogen (secondary N) is 1. The van der Waals surface area contributed by atoms with Crippen molar-refractivity contribution in [2.45, 2.75) is 30.7 Å². The van der Waals surface area contributed by atoms with E-state index in [0.717, 1.165) is 28.3 Å². The zero-order chi connectivity index (χ0) is 24.2. The molecule has 178 valence electrons. The maximum Gasteiger partial charge on any atom is 0.262 e. The number of thioether (sulfide) groups is 1. The minimum Gasteiger partial charge on any atom is -0.497 e. The van der Waals surface area contributed by atoms with Crippen LogP contribution in [0.25, 0.3) is 0 Å². The lowest BCUT2D eigenvalue weighted by atomic mass is 10.0. The number of carbonyl (C=O) groups excluding carboxylic acids is 2. The second kappa shape index (κ2) is 10.2. The number of aliphatic imine (C=N–C) groups is 1. The van der Waals surface area contributed by atoms with Crippen LogP contribution in [0.15, 0.2) is 87.5 Å². The molecule has 0 fully saturated rings. The van der Waals surface area contributed by atoms with E-state index < -0.39 is 5.25 Å². The number of carbonyl (C=O) groups is 2. The molecule has 2 amide bonds. The smallest absolute Gasteiger partial charge is 0.262 e. The SMILES string of the molecule is COc1ccc(C2=NN(C3=NC(=O)[C@H](CC(=O)NCc4ccccc4)S3)[C@@H](c3ccco3)C2)cc1. The summed E-state index contributed by atoms with van der Waals surface area (Å²) in [5.74, 6) is 0.979. The number of amidine groups is 1. The highest BCUT2D eigenvalue weighted by Gasteiger charge is 2.40. The number of furan rings is 1. The molecule has 8 nitrogen and oxygen atoms in total. The Kier molecular flexibility index (Phi) is 6.67. The fraction of sp³-hybridized carbons (Fsp3) is 0.231. The van der Waals surface area contributed by atoms with Gasteiger partial charge in [-0.3, -0.25) is 9.59 Å². The van der Waals surface area contributed by atoms with Crippen molar-refractivity contribution in [3.05, 3.63) is 89.9 Å². The van der Waals surface area contributed by atoms with Crippen LogP contribution >= 0.6 is 11.8 Å². The molecule has 0 saturated carbocycles. The molecule has 3 aromatic rings. The second-order valence-electron chi connectivity index (χ2n) is 8.16. The summed E-state index contributed by atoms with van der Waals surface area (Å²) in [6.07, 6.45) is 2.26. The van der Waals surface area contributed by atoms with Crippen molar-refractivity contribution in [3.8, 4) is 5.75 Å². The third kappa shape index (κ3) is 5.14. The Hall–Kier alpha value is -3.85. The van der Waals surface area contributed by atoms with Crippen LogP contribution in [-0.4, -0.2) is 40.1 Å². The zero-order valence-corrected chi connectivity index (χ0v) is 19.9. The van der Waals surface area contributed by atoms with Crippen molar-refractivity contribution < 1.29 is 18.7 Å². The van der Waals surface area contributed by atoms with Gasteiger partial charge in [0.15, 0.2) is 5.17 Å². The van der Waals surface area contributed by atoms with Gasteiger partial charge >= 0.3 is 0 Å². The maximum absolute atomic E-state index is 12.7. The number of benzene rings is 2. The van der Waals surface area contributed by atoms with E-state index in [-0.39, 0.29) is 24.3 Å². The lowest BCUT2D eigenvalue weighted by Crippen LogP contribution is -2.28. The predicted octanol–water partition coefficient (Wildman–Crippen LogP) is 4.14. The quantitative estimate of drug-likeness (QED) is 0.537. The Morgan fingerprint density at radius 2 is 1.94 bits per heavy atom. The molecule has 2 aliphatic heterocycles. The van der Waals surface area contributed by atoms with Gasteiger partial charge in [0, 0.05) is 19.4 Å². The molecule has 0 saturated heterocycles. The summed E-state index contributed by atoms with van der Waals surface area (Å²) in [6, 6.07) is 20.8. The molecule has 0 unspecified atom stereocenters. The average molecular weight is 489 g/mol. The summed E-state index contributed by atoms with van der Waals surface area (Å²) in [5.41, 5.74) is 2.81.